The molecule has 1 aromatic rings. The van der Waals surface area contributed by atoms with Gasteiger partial charge in [0.15, 0.2) is 0 Å². The molecule has 7 N–H and O–H groups in total. The summed E-state index contributed by atoms with van der Waals surface area (Å²) < 4.78 is 67.2. The van der Waals surface area contributed by atoms with E-state index in [0.717, 1.165) is 0 Å². The summed E-state index contributed by atoms with van der Waals surface area (Å²) in [6, 6.07) is 0. The van der Waals surface area contributed by atoms with Crippen molar-refractivity contribution in [2.75, 3.05) is 0 Å². The third-order valence-corrected chi connectivity index (χ3v) is 1.98. The van der Waals surface area contributed by atoms with Crippen LogP contribution in [0.5, 0.6) is 0 Å². The predicted molar refractivity (Wildman–Crippen MR) is 57.5 cm³/mol. The van der Waals surface area contributed by atoms with E-state index >= 15 is 0 Å². The van der Waals surface area contributed by atoms with E-state index in [9.17, 15) is 17.2 Å². The molecule has 0 aromatic carbocycles. The zero-order valence-corrected chi connectivity index (χ0v) is 14.6. The third kappa shape index (κ3) is 30.2. The van der Waals surface area contributed by atoms with Gasteiger partial charge in [-0.1, -0.05) is 0 Å². The van der Waals surface area contributed by atoms with Crippen molar-refractivity contribution in [3.8, 4) is 0 Å². The number of aromatic nitrogens is 2. The summed E-state index contributed by atoms with van der Waals surface area (Å²) in [6.07, 6.45) is 5.08. The van der Waals surface area contributed by atoms with Gasteiger partial charge in [0.1, 0.15) is 0 Å². The van der Waals surface area contributed by atoms with Gasteiger partial charge in [-0.15, -0.1) is 0 Å². The van der Waals surface area contributed by atoms with Crippen LogP contribution in [-0.4, -0.2) is 45.0 Å². The predicted octanol–water partition coefficient (Wildman–Crippen LogP) is -4.07. The summed E-state index contributed by atoms with van der Waals surface area (Å²) in [7, 11) is -8.23. The summed E-state index contributed by atoms with van der Waals surface area (Å²) in [5, 5.41) is 0. The Morgan fingerprint density at radius 1 is 1.22 bits per heavy atom. The second kappa shape index (κ2) is 16.0. The van der Waals surface area contributed by atoms with E-state index in [2.05, 4.69) is 9.97 Å². The first kappa shape index (κ1) is 27.3. The van der Waals surface area contributed by atoms with Crippen LogP contribution < -0.4 is 57.5 Å². The number of H-pyrrole nitrogens is 1. The van der Waals surface area contributed by atoms with Gasteiger partial charge in [0.25, 0.3) is 21.5 Å². The van der Waals surface area contributed by atoms with Crippen molar-refractivity contribution in [3.05, 3.63) is 18.7 Å². The van der Waals surface area contributed by atoms with Crippen LogP contribution in [0.2, 0.25) is 0 Å². The van der Waals surface area contributed by atoms with Crippen molar-refractivity contribution in [1.82, 2.24) is 16.1 Å². The number of imidazole rings is 1. The van der Waals surface area contributed by atoms with Crippen molar-refractivity contribution in [3.63, 3.8) is 0 Å². The summed E-state index contributed by atoms with van der Waals surface area (Å²) >= 11 is -2.61. The minimum absolute atomic E-state index is 0. The van der Waals surface area contributed by atoms with Gasteiger partial charge in [0.2, 0.25) is 9.15 Å². The molecule has 1 rings (SSSR count). The van der Waals surface area contributed by atoms with Crippen molar-refractivity contribution < 1.29 is 86.4 Å². The van der Waals surface area contributed by atoms with Gasteiger partial charge in [-0.25, -0.2) is 17.6 Å². The largest absolute Gasteiger partial charge is 1.00 e. The topological polar surface area (TPSA) is 216 Å². The average molecular weight is 351 g/mol. The molecule has 0 aliphatic carbocycles. The Bertz CT molecular complexity index is 385. The van der Waals surface area contributed by atoms with Crippen molar-refractivity contribution in [2.45, 2.75) is 0 Å². The van der Waals surface area contributed by atoms with Crippen molar-refractivity contribution in [1.29, 1.82) is 0 Å². The number of aromatic amines is 1. The van der Waals surface area contributed by atoms with E-state index in [1.165, 1.54) is 0 Å². The summed E-state index contributed by atoms with van der Waals surface area (Å²) in [6.45, 7) is 0. The molecule has 0 saturated heterocycles. The fraction of sp³-hybridized carbons (Fsp3) is 0. The molecule has 15 heteroatoms. The molecule has 0 fully saturated rings. The van der Waals surface area contributed by atoms with Crippen LogP contribution in [-0.2, 0) is 30.6 Å². The number of nitrogens with one attached hydrogen (secondary N) is 1. The Morgan fingerprint density at radius 2 is 1.56 bits per heavy atom. The molecule has 11 nitrogen and oxygen atoms in total. The average Bonchev–Trinajstić information content (AvgIpc) is 2.56. The van der Waals surface area contributed by atoms with Gasteiger partial charge >= 0.3 is 51.4 Å². The quantitative estimate of drug-likeness (QED) is 0.143. The molecule has 18 heavy (non-hydrogen) atoms. The zero-order chi connectivity index (χ0) is 13.2. The van der Waals surface area contributed by atoms with E-state index < -0.39 is 30.6 Å². The van der Waals surface area contributed by atoms with Crippen molar-refractivity contribution >= 4 is 30.6 Å². The number of hydrogen-bond acceptors (Lipinski definition) is 7. The normalized spacial score (nSPS) is 10.5. The summed E-state index contributed by atoms with van der Waals surface area (Å²) in [5.74, 6) is 0. The monoisotopic (exact) mass is 351 g/mol. The number of hydrogen-bond donors (Lipinski definition) is 5. The minimum Gasteiger partial charge on any atom is -0.736 e. The van der Waals surface area contributed by atoms with E-state index in [-0.39, 0.29) is 57.5 Å². The molecule has 1 aromatic heterocycles. The van der Waals surface area contributed by atoms with Gasteiger partial charge in [-0.3, -0.25) is 13.7 Å². The molecule has 0 aliphatic heterocycles. The van der Waals surface area contributed by atoms with Gasteiger partial charge in [0, 0.05) is 12.4 Å². The molecule has 0 spiro atoms. The second-order valence-corrected chi connectivity index (χ2v) is 5.41. The maximum Gasteiger partial charge on any atom is 1.00 e. The van der Waals surface area contributed by atoms with Gasteiger partial charge in [0.05, 0.1) is 6.33 Å². The molecule has 0 bridgehead atoms. The first-order valence-electron chi connectivity index (χ1n) is 2.97. The SMILES string of the molecule is N.O=S(O)O.O=S(O)S(=O)(=O)[O-].[K+].c1c[nH]cn1. The third-order valence-electron chi connectivity index (χ3n) is 0.581. The van der Waals surface area contributed by atoms with Gasteiger partial charge in [-0.05, 0) is 0 Å². The summed E-state index contributed by atoms with van der Waals surface area (Å²) in [5.41, 5.74) is 0. The van der Waals surface area contributed by atoms with E-state index in [1.54, 1.807) is 18.7 Å². The molecule has 0 saturated carbocycles. The van der Waals surface area contributed by atoms with Gasteiger partial charge in [-0.2, -0.15) is 4.21 Å². The molecule has 1 unspecified atom stereocenters. The fourth-order valence-electron chi connectivity index (χ4n) is 0.215. The first-order chi connectivity index (χ1) is 7.18. The maximum atomic E-state index is 9.23. The van der Waals surface area contributed by atoms with E-state index in [0.29, 0.717) is 0 Å². The van der Waals surface area contributed by atoms with Crippen LogP contribution in [0.3, 0.4) is 0 Å². The van der Waals surface area contributed by atoms with Crippen LogP contribution in [0, 0.1) is 0 Å². The summed E-state index contributed by atoms with van der Waals surface area (Å²) in [4.78, 5) is 6.42. The maximum absolute atomic E-state index is 9.23. The fourth-order valence-corrected chi connectivity index (χ4v) is 0.215. The van der Waals surface area contributed by atoms with E-state index in [4.69, 9.17) is 17.9 Å². The van der Waals surface area contributed by atoms with Crippen LogP contribution in [0.1, 0.15) is 0 Å². The molecule has 0 aliphatic rings. The Balaban J connectivity index is -0.0000000801. The molecule has 1 atom stereocenters. The molecular weight excluding hydrogens is 341 g/mol. The van der Waals surface area contributed by atoms with Crippen LogP contribution in [0.15, 0.2) is 18.7 Å². The Labute approximate surface area is 150 Å². The molecule has 1 heterocycles. The van der Waals surface area contributed by atoms with Crippen molar-refractivity contribution in [2.24, 2.45) is 0 Å². The molecule has 104 valence electrons. The van der Waals surface area contributed by atoms with E-state index in [1.807, 2.05) is 0 Å². The van der Waals surface area contributed by atoms with Crippen LogP contribution in [0.25, 0.3) is 0 Å². The molecule has 0 radical (unpaired) electrons. The Hall–Kier alpha value is 0.896. The number of nitrogens with zero attached hydrogens (tertiary/aromatic N) is 1. The standard InChI is InChI=1S/C3H4N2.K.H3N.H2O5S2.H2O3S/c1-2-5-3-4-1;;;1-6(2)7(3,4)5;1-4(2)3/h1-3H,(H,4,5);;1H3;(H,1,2)(H,3,4,5);(H2,1,2,3)/q;+1;;;/p-1. The smallest absolute Gasteiger partial charge is 0.736 e. The van der Waals surface area contributed by atoms with Crippen LogP contribution in [0.4, 0.5) is 0 Å². The minimum atomic E-state index is -4.96. The molecule has 0 amide bonds. The number of rotatable bonds is 1. The first-order valence-corrected chi connectivity index (χ1v) is 7.07. The Kier molecular flexibility index (Phi) is 24.2. The zero-order valence-electron chi connectivity index (χ0n) is 8.99. The van der Waals surface area contributed by atoms with Crippen LogP contribution >= 0.6 is 0 Å². The molecular formula is C3H10KN3O8S3. The van der Waals surface area contributed by atoms with Gasteiger partial charge < -0.3 is 15.7 Å². The second-order valence-electron chi connectivity index (χ2n) is 1.62. The Morgan fingerprint density at radius 3 is 1.61 bits per heavy atom.